The van der Waals surface area contributed by atoms with Crippen molar-refractivity contribution in [2.75, 3.05) is 33.7 Å². The summed E-state index contributed by atoms with van der Waals surface area (Å²) in [5, 5.41) is 5.26. The number of likely N-dealkylation sites (N-methyl/N-ethyl adjacent to an activating group) is 1. The molecule has 4 rings (SSSR count). The molecule has 2 amide bonds. The Balaban J connectivity index is 1.49. The van der Waals surface area contributed by atoms with Crippen LogP contribution >= 0.6 is 11.3 Å². The molecule has 1 unspecified atom stereocenters. The normalized spacial score (nSPS) is 15.1. The Labute approximate surface area is 208 Å². The van der Waals surface area contributed by atoms with E-state index in [1.54, 1.807) is 16.3 Å². The maximum atomic E-state index is 14.0. The quantitative estimate of drug-likeness (QED) is 0.515. The molecule has 184 valence electrons. The molecule has 7 nitrogen and oxygen atoms in total. The first-order valence-electron chi connectivity index (χ1n) is 11.5. The molecule has 0 fully saturated rings. The van der Waals surface area contributed by atoms with E-state index in [2.05, 4.69) is 10.3 Å². The standard InChI is InChI=1S/C26H29FN4O3S/c1-17(32)31-11-9-18-7-8-21(14-22(18)25(31)19-5-4-6-20(27)13-19)34-15-24-29-23(16-35-24)26(33)28-10-12-30(2)3/h4-8,13-14,16,25H,9-12,15H2,1-3H3,(H,28,33). The van der Waals surface area contributed by atoms with Gasteiger partial charge in [0.1, 0.15) is 28.9 Å². The Morgan fingerprint density at radius 1 is 1.26 bits per heavy atom. The van der Waals surface area contributed by atoms with Crippen molar-refractivity contribution in [1.82, 2.24) is 20.1 Å². The van der Waals surface area contributed by atoms with Gasteiger partial charge in [-0.25, -0.2) is 9.37 Å². The maximum absolute atomic E-state index is 14.0. The molecule has 1 aliphatic heterocycles. The number of ether oxygens (including phenoxy) is 1. The average molecular weight is 497 g/mol. The number of hydrogen-bond acceptors (Lipinski definition) is 6. The van der Waals surface area contributed by atoms with E-state index >= 15 is 0 Å². The van der Waals surface area contributed by atoms with Crippen molar-refractivity contribution >= 4 is 23.2 Å². The zero-order valence-electron chi connectivity index (χ0n) is 20.1. The molecule has 0 radical (unpaired) electrons. The summed E-state index contributed by atoms with van der Waals surface area (Å²) in [5.74, 6) is 0.0272. The molecular formula is C26H29FN4O3S. The molecular weight excluding hydrogens is 467 g/mol. The van der Waals surface area contributed by atoms with Crippen LogP contribution in [0.3, 0.4) is 0 Å². The fourth-order valence-corrected chi connectivity index (χ4v) is 4.85. The predicted octanol–water partition coefficient (Wildman–Crippen LogP) is 3.65. The lowest BCUT2D eigenvalue weighted by molar-refractivity contribution is -0.130. The minimum absolute atomic E-state index is 0.0598. The minimum atomic E-state index is -0.382. The van der Waals surface area contributed by atoms with Gasteiger partial charge in [0.05, 0.1) is 6.04 Å². The molecule has 1 aliphatic rings. The van der Waals surface area contributed by atoms with Crippen molar-refractivity contribution in [2.24, 2.45) is 0 Å². The average Bonchev–Trinajstić information content (AvgIpc) is 3.30. The van der Waals surface area contributed by atoms with Gasteiger partial charge in [-0.05, 0) is 61.5 Å². The highest BCUT2D eigenvalue weighted by atomic mass is 32.1. The van der Waals surface area contributed by atoms with Gasteiger partial charge < -0.3 is 19.9 Å². The minimum Gasteiger partial charge on any atom is -0.486 e. The van der Waals surface area contributed by atoms with E-state index in [4.69, 9.17) is 4.74 Å². The van der Waals surface area contributed by atoms with Crippen molar-refractivity contribution < 1.29 is 18.7 Å². The van der Waals surface area contributed by atoms with E-state index in [-0.39, 0.29) is 30.3 Å². The van der Waals surface area contributed by atoms with E-state index in [0.717, 1.165) is 29.7 Å². The Kier molecular flexibility index (Phi) is 7.77. The predicted molar refractivity (Wildman–Crippen MR) is 133 cm³/mol. The first kappa shape index (κ1) is 24.8. The third kappa shape index (κ3) is 6.04. The lowest BCUT2D eigenvalue weighted by atomic mass is 9.88. The summed E-state index contributed by atoms with van der Waals surface area (Å²) in [7, 11) is 3.90. The monoisotopic (exact) mass is 496 g/mol. The van der Waals surface area contributed by atoms with Crippen LogP contribution in [0.15, 0.2) is 47.8 Å². The fraction of sp³-hybridized carbons (Fsp3) is 0.346. The number of fused-ring (bicyclic) bond motifs is 1. The van der Waals surface area contributed by atoms with Gasteiger partial charge in [0, 0.05) is 31.9 Å². The number of nitrogens with zero attached hydrogens (tertiary/aromatic N) is 3. The van der Waals surface area contributed by atoms with Crippen molar-refractivity contribution in [3.05, 3.63) is 81.1 Å². The summed E-state index contributed by atoms with van der Waals surface area (Å²) < 4.78 is 20.0. The third-order valence-corrected chi connectivity index (χ3v) is 6.73. The Bertz CT molecular complexity index is 1210. The van der Waals surface area contributed by atoms with Crippen LogP contribution in [0.25, 0.3) is 0 Å². The van der Waals surface area contributed by atoms with Crippen LogP contribution in [0, 0.1) is 5.82 Å². The lowest BCUT2D eigenvalue weighted by Crippen LogP contribution is -2.39. The molecule has 1 N–H and O–H groups in total. The summed E-state index contributed by atoms with van der Waals surface area (Å²) in [5.41, 5.74) is 3.13. The number of rotatable bonds is 8. The number of nitrogens with one attached hydrogen (secondary N) is 1. The summed E-state index contributed by atoms with van der Waals surface area (Å²) in [6, 6.07) is 11.8. The summed E-state index contributed by atoms with van der Waals surface area (Å²) in [4.78, 5) is 32.8. The molecule has 35 heavy (non-hydrogen) atoms. The second-order valence-corrected chi connectivity index (χ2v) is 9.70. The van der Waals surface area contributed by atoms with Crippen LogP contribution in [-0.2, 0) is 17.8 Å². The van der Waals surface area contributed by atoms with E-state index in [9.17, 15) is 14.0 Å². The Morgan fingerprint density at radius 3 is 2.83 bits per heavy atom. The number of benzene rings is 2. The van der Waals surface area contributed by atoms with E-state index < -0.39 is 0 Å². The van der Waals surface area contributed by atoms with Crippen molar-refractivity contribution in [1.29, 1.82) is 0 Å². The maximum Gasteiger partial charge on any atom is 0.270 e. The number of halogens is 1. The SMILES string of the molecule is CC(=O)N1CCc2ccc(OCc3nc(C(=O)NCCN(C)C)cs3)cc2C1c1cccc(F)c1. The zero-order chi connectivity index (χ0) is 24.9. The highest BCUT2D eigenvalue weighted by molar-refractivity contribution is 7.09. The topological polar surface area (TPSA) is 74.8 Å². The summed E-state index contributed by atoms with van der Waals surface area (Å²) in [6.45, 7) is 3.63. The van der Waals surface area contributed by atoms with Crippen LogP contribution in [0.1, 0.15) is 45.2 Å². The highest BCUT2D eigenvalue weighted by Gasteiger charge is 2.31. The van der Waals surface area contributed by atoms with Crippen molar-refractivity contribution in [2.45, 2.75) is 26.0 Å². The number of carbonyl (C=O) groups excluding carboxylic acids is 2. The smallest absolute Gasteiger partial charge is 0.270 e. The van der Waals surface area contributed by atoms with Crippen LogP contribution in [0.4, 0.5) is 4.39 Å². The highest BCUT2D eigenvalue weighted by Crippen LogP contribution is 2.37. The van der Waals surface area contributed by atoms with Crippen molar-refractivity contribution in [3.63, 3.8) is 0 Å². The molecule has 0 saturated carbocycles. The summed E-state index contributed by atoms with van der Waals surface area (Å²) in [6.07, 6.45) is 0.722. The van der Waals surface area contributed by atoms with Crippen LogP contribution in [0.2, 0.25) is 0 Å². The number of carbonyl (C=O) groups is 2. The molecule has 3 aromatic rings. The van der Waals surface area contributed by atoms with Crippen LogP contribution < -0.4 is 10.1 Å². The van der Waals surface area contributed by atoms with Gasteiger partial charge in [-0.2, -0.15) is 0 Å². The first-order valence-corrected chi connectivity index (χ1v) is 12.4. The van der Waals surface area contributed by atoms with Gasteiger partial charge in [-0.15, -0.1) is 11.3 Å². The van der Waals surface area contributed by atoms with Gasteiger partial charge in [-0.3, -0.25) is 9.59 Å². The molecule has 1 atom stereocenters. The molecule has 2 aromatic carbocycles. The lowest BCUT2D eigenvalue weighted by Gasteiger charge is -2.37. The van der Waals surface area contributed by atoms with Gasteiger partial charge in [0.15, 0.2) is 0 Å². The summed E-state index contributed by atoms with van der Waals surface area (Å²) >= 11 is 1.37. The molecule has 2 heterocycles. The number of aromatic nitrogens is 1. The molecule has 9 heteroatoms. The molecule has 0 saturated heterocycles. The fourth-order valence-electron chi connectivity index (χ4n) is 4.17. The molecule has 1 aromatic heterocycles. The second kappa shape index (κ2) is 11.0. The van der Waals surface area contributed by atoms with E-state index in [0.29, 0.717) is 29.5 Å². The third-order valence-electron chi connectivity index (χ3n) is 5.91. The number of amides is 2. The molecule has 0 aliphatic carbocycles. The molecule has 0 bridgehead atoms. The zero-order valence-corrected chi connectivity index (χ0v) is 20.9. The van der Waals surface area contributed by atoms with E-state index in [1.807, 2.05) is 43.3 Å². The Morgan fingerprint density at radius 2 is 2.09 bits per heavy atom. The number of hydrogen-bond donors (Lipinski definition) is 1. The molecule has 0 spiro atoms. The first-order chi connectivity index (χ1) is 16.8. The number of thiazole rings is 1. The van der Waals surface area contributed by atoms with Gasteiger partial charge in [-0.1, -0.05) is 18.2 Å². The van der Waals surface area contributed by atoms with Gasteiger partial charge in [0.2, 0.25) is 5.91 Å². The Hall–Kier alpha value is -3.30. The van der Waals surface area contributed by atoms with E-state index in [1.165, 1.54) is 30.4 Å². The van der Waals surface area contributed by atoms with Crippen LogP contribution in [0.5, 0.6) is 5.75 Å². The van der Waals surface area contributed by atoms with Gasteiger partial charge >= 0.3 is 0 Å². The van der Waals surface area contributed by atoms with Gasteiger partial charge in [0.25, 0.3) is 5.91 Å². The van der Waals surface area contributed by atoms with Crippen molar-refractivity contribution in [3.8, 4) is 5.75 Å². The largest absolute Gasteiger partial charge is 0.486 e. The van der Waals surface area contributed by atoms with Crippen LogP contribution in [-0.4, -0.2) is 60.3 Å². The second-order valence-electron chi connectivity index (χ2n) is 8.75.